The van der Waals surface area contributed by atoms with E-state index in [9.17, 15) is 4.39 Å². The van der Waals surface area contributed by atoms with Gasteiger partial charge in [-0.3, -0.25) is 0 Å². The van der Waals surface area contributed by atoms with Gasteiger partial charge in [-0.1, -0.05) is 30.3 Å². The van der Waals surface area contributed by atoms with Crippen LogP contribution in [0.4, 0.5) is 10.1 Å². The molecular formula is C15H16FNS. The zero-order chi connectivity index (χ0) is 12.8. The van der Waals surface area contributed by atoms with Crippen LogP contribution in [0.5, 0.6) is 0 Å². The zero-order valence-electron chi connectivity index (χ0n) is 10.1. The number of aryl methyl sites for hydroxylation is 1. The van der Waals surface area contributed by atoms with Gasteiger partial charge in [-0.25, -0.2) is 4.39 Å². The molecule has 3 heteroatoms. The number of benzene rings is 2. The fourth-order valence-electron chi connectivity index (χ4n) is 1.78. The number of nitrogen functional groups attached to an aromatic ring is 1. The van der Waals surface area contributed by atoms with Crippen molar-refractivity contribution in [2.24, 2.45) is 0 Å². The minimum absolute atomic E-state index is 0.263. The third-order valence-corrected chi connectivity index (χ3v) is 3.68. The fourth-order valence-corrected chi connectivity index (χ4v) is 2.72. The second-order valence-corrected chi connectivity index (χ2v) is 5.33. The highest BCUT2D eigenvalue weighted by molar-refractivity contribution is 7.99. The molecule has 1 nitrogen and oxygen atoms in total. The Morgan fingerprint density at radius 1 is 1.06 bits per heavy atom. The van der Waals surface area contributed by atoms with Crippen LogP contribution < -0.4 is 5.73 Å². The second-order valence-electron chi connectivity index (χ2n) is 4.16. The van der Waals surface area contributed by atoms with Crippen molar-refractivity contribution >= 4 is 17.4 Å². The smallest absolute Gasteiger partial charge is 0.126 e. The van der Waals surface area contributed by atoms with Gasteiger partial charge in [0.2, 0.25) is 0 Å². The molecule has 0 radical (unpaired) electrons. The van der Waals surface area contributed by atoms with E-state index in [0.717, 1.165) is 23.5 Å². The topological polar surface area (TPSA) is 26.0 Å². The molecule has 0 aromatic heterocycles. The molecule has 0 fully saturated rings. The predicted molar refractivity (Wildman–Crippen MR) is 76.3 cm³/mol. The van der Waals surface area contributed by atoms with Crippen LogP contribution in [0.2, 0.25) is 0 Å². The van der Waals surface area contributed by atoms with Crippen LogP contribution in [0.1, 0.15) is 12.0 Å². The number of nitrogens with two attached hydrogens (primary N) is 1. The lowest BCUT2D eigenvalue weighted by Gasteiger charge is -2.04. The van der Waals surface area contributed by atoms with Crippen LogP contribution in [0.25, 0.3) is 0 Å². The maximum Gasteiger partial charge on any atom is 0.126 e. The van der Waals surface area contributed by atoms with E-state index in [1.54, 1.807) is 11.8 Å². The van der Waals surface area contributed by atoms with Crippen molar-refractivity contribution in [2.75, 3.05) is 11.5 Å². The van der Waals surface area contributed by atoms with Crippen molar-refractivity contribution < 1.29 is 4.39 Å². The van der Waals surface area contributed by atoms with E-state index in [-0.39, 0.29) is 5.82 Å². The Kier molecular flexibility index (Phi) is 4.65. The minimum Gasteiger partial charge on any atom is -0.399 e. The van der Waals surface area contributed by atoms with Gasteiger partial charge in [-0.2, -0.15) is 0 Å². The monoisotopic (exact) mass is 261 g/mol. The first-order valence-electron chi connectivity index (χ1n) is 5.97. The predicted octanol–water partition coefficient (Wildman–Crippen LogP) is 4.13. The number of rotatable bonds is 5. The Bertz CT molecular complexity index is 479. The van der Waals surface area contributed by atoms with Gasteiger partial charge in [-0.15, -0.1) is 11.8 Å². The van der Waals surface area contributed by atoms with Gasteiger partial charge in [0, 0.05) is 10.6 Å². The molecule has 0 heterocycles. The highest BCUT2D eigenvalue weighted by atomic mass is 32.2. The molecule has 0 amide bonds. The number of thioether (sulfide) groups is 1. The highest BCUT2D eigenvalue weighted by Crippen LogP contribution is 2.23. The Labute approximate surface area is 111 Å². The van der Waals surface area contributed by atoms with Crippen molar-refractivity contribution in [3.8, 4) is 0 Å². The molecule has 2 aromatic carbocycles. The summed E-state index contributed by atoms with van der Waals surface area (Å²) in [5.74, 6) is 0.707. The molecular weight excluding hydrogens is 245 g/mol. The van der Waals surface area contributed by atoms with Gasteiger partial charge in [-0.05, 0) is 42.4 Å². The van der Waals surface area contributed by atoms with Crippen LogP contribution >= 0.6 is 11.8 Å². The summed E-state index contributed by atoms with van der Waals surface area (Å²) in [7, 11) is 0. The number of anilines is 1. The zero-order valence-corrected chi connectivity index (χ0v) is 10.9. The molecule has 0 saturated carbocycles. The largest absolute Gasteiger partial charge is 0.399 e. The SMILES string of the molecule is Nc1cc(F)cc(SCCCc2ccccc2)c1. The molecule has 0 unspecified atom stereocenters. The van der Waals surface area contributed by atoms with Crippen molar-refractivity contribution in [3.05, 3.63) is 59.9 Å². The summed E-state index contributed by atoms with van der Waals surface area (Å²) in [6.45, 7) is 0. The van der Waals surface area contributed by atoms with Crippen molar-refractivity contribution in [3.63, 3.8) is 0 Å². The molecule has 0 bridgehead atoms. The number of hydrogen-bond donors (Lipinski definition) is 1. The van der Waals surface area contributed by atoms with Crippen molar-refractivity contribution in [2.45, 2.75) is 17.7 Å². The van der Waals surface area contributed by atoms with E-state index in [2.05, 4.69) is 24.3 Å². The first-order valence-corrected chi connectivity index (χ1v) is 6.95. The quantitative estimate of drug-likeness (QED) is 0.497. The van der Waals surface area contributed by atoms with Crippen molar-refractivity contribution in [1.29, 1.82) is 0 Å². The van der Waals surface area contributed by atoms with E-state index in [1.165, 1.54) is 17.7 Å². The molecule has 2 rings (SSSR count). The van der Waals surface area contributed by atoms with E-state index in [0.29, 0.717) is 5.69 Å². The number of halogens is 1. The van der Waals surface area contributed by atoms with Crippen LogP contribution in [0, 0.1) is 5.82 Å². The summed E-state index contributed by atoms with van der Waals surface area (Å²) >= 11 is 1.65. The molecule has 0 aliphatic carbocycles. The molecule has 0 aliphatic heterocycles. The maximum absolute atomic E-state index is 13.1. The molecule has 2 N–H and O–H groups in total. The Morgan fingerprint density at radius 3 is 2.56 bits per heavy atom. The second kappa shape index (κ2) is 6.45. The van der Waals surface area contributed by atoms with Crippen LogP contribution in [-0.2, 0) is 6.42 Å². The average Bonchev–Trinajstić information content (AvgIpc) is 2.35. The van der Waals surface area contributed by atoms with Crippen LogP contribution in [0.3, 0.4) is 0 Å². The molecule has 0 saturated heterocycles. The van der Waals surface area contributed by atoms with E-state index in [4.69, 9.17) is 5.73 Å². The highest BCUT2D eigenvalue weighted by Gasteiger charge is 1.99. The third kappa shape index (κ3) is 4.08. The van der Waals surface area contributed by atoms with Crippen LogP contribution in [0.15, 0.2) is 53.4 Å². The van der Waals surface area contributed by atoms with E-state index < -0.39 is 0 Å². The lowest BCUT2D eigenvalue weighted by molar-refractivity contribution is 0.625. The van der Waals surface area contributed by atoms with E-state index in [1.807, 2.05) is 12.1 Å². The standard InChI is InChI=1S/C15H16FNS/c16-13-9-14(17)11-15(10-13)18-8-4-7-12-5-2-1-3-6-12/h1-3,5-6,9-11H,4,7-8,17H2. The van der Waals surface area contributed by atoms with Crippen molar-refractivity contribution in [1.82, 2.24) is 0 Å². The Morgan fingerprint density at radius 2 is 1.83 bits per heavy atom. The lowest BCUT2D eigenvalue weighted by atomic mass is 10.1. The maximum atomic E-state index is 13.1. The van der Waals surface area contributed by atoms with Crippen LogP contribution in [-0.4, -0.2) is 5.75 Å². The van der Waals surface area contributed by atoms with Gasteiger partial charge < -0.3 is 5.73 Å². The molecule has 0 aliphatic rings. The first kappa shape index (κ1) is 13.0. The van der Waals surface area contributed by atoms with Gasteiger partial charge in [0.05, 0.1) is 0 Å². The summed E-state index contributed by atoms with van der Waals surface area (Å²) in [6.07, 6.45) is 2.13. The molecule has 94 valence electrons. The Balaban J connectivity index is 1.78. The average molecular weight is 261 g/mol. The van der Waals surface area contributed by atoms with Gasteiger partial charge in [0.1, 0.15) is 5.82 Å². The fraction of sp³-hybridized carbons (Fsp3) is 0.200. The summed E-state index contributed by atoms with van der Waals surface area (Å²) in [4.78, 5) is 0.903. The molecule has 0 atom stereocenters. The van der Waals surface area contributed by atoms with Gasteiger partial charge in [0.15, 0.2) is 0 Å². The normalized spacial score (nSPS) is 10.5. The van der Waals surface area contributed by atoms with Gasteiger partial charge in [0.25, 0.3) is 0 Å². The van der Waals surface area contributed by atoms with E-state index >= 15 is 0 Å². The third-order valence-electron chi connectivity index (χ3n) is 2.61. The summed E-state index contributed by atoms with van der Waals surface area (Å²) in [6, 6.07) is 15.1. The molecule has 18 heavy (non-hydrogen) atoms. The summed E-state index contributed by atoms with van der Waals surface area (Å²) in [5.41, 5.74) is 7.43. The first-order chi connectivity index (χ1) is 8.74. The van der Waals surface area contributed by atoms with Gasteiger partial charge >= 0.3 is 0 Å². The Hall–Kier alpha value is -1.48. The molecule has 0 spiro atoms. The minimum atomic E-state index is -0.263. The summed E-state index contributed by atoms with van der Waals surface area (Å²) < 4.78 is 13.1. The summed E-state index contributed by atoms with van der Waals surface area (Å²) in [5, 5.41) is 0. The molecule has 2 aromatic rings. The lowest BCUT2D eigenvalue weighted by Crippen LogP contribution is -1.90. The number of hydrogen-bond acceptors (Lipinski definition) is 2.